The fraction of sp³-hybridized carbons (Fsp3) is 0.348. The second-order valence-corrected chi connectivity index (χ2v) is 9.28. The number of halogens is 1. The van der Waals surface area contributed by atoms with Crippen LogP contribution in [0.25, 0.3) is 21.8 Å². The standard InChI is InChI=1S/C23H21FN6O3S/c1-12-18-20(29-8-3-4-17(29)31)26-21(22-25-13(2)27-34-22)30(18)10-9-28(12)23(32)15-5-6-16(24)14-7-11-33-19(14)15/h5-7,11-12H,3-4,8-10H2,1-2H3/t12-/m1/s1. The van der Waals surface area contributed by atoms with Crippen molar-refractivity contribution in [1.82, 2.24) is 23.8 Å². The molecule has 0 radical (unpaired) electrons. The molecule has 34 heavy (non-hydrogen) atoms. The molecule has 0 unspecified atom stereocenters. The number of benzene rings is 1. The van der Waals surface area contributed by atoms with Crippen molar-refractivity contribution in [1.29, 1.82) is 0 Å². The molecule has 0 saturated carbocycles. The van der Waals surface area contributed by atoms with Crippen LogP contribution in [0.2, 0.25) is 0 Å². The van der Waals surface area contributed by atoms with Crippen LogP contribution in [0.15, 0.2) is 28.9 Å². The predicted molar refractivity (Wildman–Crippen MR) is 123 cm³/mol. The fourth-order valence-electron chi connectivity index (χ4n) is 4.89. The Morgan fingerprint density at radius 3 is 2.79 bits per heavy atom. The number of carbonyl (C=O) groups is 2. The highest BCUT2D eigenvalue weighted by Crippen LogP contribution is 2.40. The van der Waals surface area contributed by atoms with Crippen molar-refractivity contribution in [3.63, 3.8) is 0 Å². The summed E-state index contributed by atoms with van der Waals surface area (Å²) >= 11 is 1.26. The van der Waals surface area contributed by atoms with E-state index in [0.29, 0.717) is 54.1 Å². The number of fused-ring (bicyclic) bond motifs is 2. The molecule has 2 amide bonds. The van der Waals surface area contributed by atoms with Crippen LogP contribution in [0.4, 0.5) is 10.2 Å². The molecule has 0 spiro atoms. The number of aromatic nitrogens is 4. The third-order valence-corrected chi connectivity index (χ3v) is 7.32. The molecule has 5 heterocycles. The number of hydrogen-bond acceptors (Lipinski definition) is 7. The normalized spacial score (nSPS) is 18.2. The smallest absolute Gasteiger partial charge is 0.258 e. The summed E-state index contributed by atoms with van der Waals surface area (Å²) in [5.41, 5.74) is 1.33. The Balaban J connectivity index is 1.45. The molecule has 2 aliphatic rings. The molecule has 174 valence electrons. The first kappa shape index (κ1) is 21.0. The quantitative estimate of drug-likeness (QED) is 0.441. The first-order valence-corrected chi connectivity index (χ1v) is 11.9. The topological polar surface area (TPSA) is 97.4 Å². The number of rotatable bonds is 3. The van der Waals surface area contributed by atoms with Gasteiger partial charge in [-0.25, -0.2) is 14.4 Å². The van der Waals surface area contributed by atoms with Gasteiger partial charge in [-0.15, -0.1) is 0 Å². The lowest BCUT2D eigenvalue weighted by Crippen LogP contribution is -2.42. The second-order valence-electron chi connectivity index (χ2n) is 8.52. The van der Waals surface area contributed by atoms with E-state index < -0.39 is 5.82 Å². The molecule has 1 fully saturated rings. The van der Waals surface area contributed by atoms with Gasteiger partial charge in [0.25, 0.3) is 5.91 Å². The molecule has 2 aliphatic heterocycles. The van der Waals surface area contributed by atoms with Gasteiger partial charge in [-0.3, -0.25) is 14.5 Å². The summed E-state index contributed by atoms with van der Waals surface area (Å²) in [6, 6.07) is 3.88. The maximum absolute atomic E-state index is 14.2. The van der Waals surface area contributed by atoms with Gasteiger partial charge in [-0.2, -0.15) is 4.37 Å². The zero-order valence-electron chi connectivity index (χ0n) is 18.6. The number of furan rings is 1. The van der Waals surface area contributed by atoms with E-state index in [1.165, 1.54) is 36.0 Å². The van der Waals surface area contributed by atoms with E-state index in [2.05, 4.69) is 9.36 Å². The molecule has 6 rings (SSSR count). The number of nitrogens with zero attached hydrogens (tertiary/aromatic N) is 6. The van der Waals surface area contributed by atoms with Crippen LogP contribution in [-0.2, 0) is 11.3 Å². The van der Waals surface area contributed by atoms with Crippen LogP contribution in [0.3, 0.4) is 0 Å². The van der Waals surface area contributed by atoms with Crippen molar-refractivity contribution in [2.45, 2.75) is 39.3 Å². The van der Waals surface area contributed by atoms with Gasteiger partial charge < -0.3 is 13.9 Å². The summed E-state index contributed by atoms with van der Waals surface area (Å²) in [7, 11) is 0. The van der Waals surface area contributed by atoms with E-state index >= 15 is 0 Å². The average Bonchev–Trinajstić information content (AvgIpc) is 3.60. The minimum absolute atomic E-state index is 0.0207. The largest absolute Gasteiger partial charge is 0.463 e. The Morgan fingerprint density at radius 1 is 1.21 bits per heavy atom. The van der Waals surface area contributed by atoms with Gasteiger partial charge in [0.05, 0.1) is 28.9 Å². The minimum Gasteiger partial charge on any atom is -0.463 e. The van der Waals surface area contributed by atoms with Gasteiger partial charge in [-0.1, -0.05) is 0 Å². The van der Waals surface area contributed by atoms with Gasteiger partial charge in [0.2, 0.25) is 5.91 Å². The molecule has 4 aromatic rings. The molecular formula is C23H21FN6O3S. The summed E-state index contributed by atoms with van der Waals surface area (Å²) in [5.74, 6) is 1.22. The number of anilines is 1. The van der Waals surface area contributed by atoms with Crippen molar-refractivity contribution >= 4 is 40.1 Å². The van der Waals surface area contributed by atoms with Crippen LogP contribution in [0.5, 0.6) is 0 Å². The highest BCUT2D eigenvalue weighted by Gasteiger charge is 2.38. The number of amides is 2. The summed E-state index contributed by atoms with van der Waals surface area (Å²) in [6.07, 6.45) is 2.62. The van der Waals surface area contributed by atoms with E-state index in [0.717, 1.165) is 12.1 Å². The molecule has 3 aromatic heterocycles. The SMILES string of the molecule is Cc1nsc(-c2nc(N3CCCC3=O)c3n2CCN(C(=O)c2ccc(F)c4ccoc24)[C@@H]3C)n1. The Hall–Kier alpha value is -3.60. The summed E-state index contributed by atoms with van der Waals surface area (Å²) < 4.78 is 26.0. The number of aryl methyl sites for hydroxylation is 1. The molecule has 0 aliphatic carbocycles. The number of hydrogen-bond donors (Lipinski definition) is 0. The monoisotopic (exact) mass is 480 g/mol. The molecular weight excluding hydrogens is 459 g/mol. The Labute approximate surface area is 198 Å². The molecule has 1 aromatic carbocycles. The Bertz CT molecular complexity index is 1460. The Morgan fingerprint density at radius 2 is 2.06 bits per heavy atom. The van der Waals surface area contributed by atoms with Crippen molar-refractivity contribution in [3.8, 4) is 10.8 Å². The molecule has 0 N–H and O–H groups in total. The lowest BCUT2D eigenvalue weighted by atomic mass is 10.1. The Kier molecular flexibility index (Phi) is 4.76. The lowest BCUT2D eigenvalue weighted by molar-refractivity contribution is -0.117. The predicted octanol–water partition coefficient (Wildman–Crippen LogP) is 3.94. The lowest BCUT2D eigenvalue weighted by Gasteiger charge is -2.36. The minimum atomic E-state index is -0.433. The number of imidazole rings is 1. The number of carbonyl (C=O) groups excluding carboxylic acids is 2. The van der Waals surface area contributed by atoms with Crippen LogP contribution >= 0.6 is 11.5 Å². The van der Waals surface area contributed by atoms with Crippen molar-refractivity contribution in [3.05, 3.63) is 47.4 Å². The third kappa shape index (κ3) is 3.07. The van der Waals surface area contributed by atoms with Gasteiger partial charge in [0.15, 0.2) is 16.6 Å². The van der Waals surface area contributed by atoms with Gasteiger partial charge in [-0.05, 0) is 50.0 Å². The molecule has 1 atom stereocenters. The summed E-state index contributed by atoms with van der Waals surface area (Å²) in [5, 5.41) is 0.956. The van der Waals surface area contributed by atoms with E-state index in [1.54, 1.807) is 9.80 Å². The van der Waals surface area contributed by atoms with Crippen LogP contribution in [0, 0.1) is 12.7 Å². The maximum Gasteiger partial charge on any atom is 0.258 e. The fourth-order valence-corrected chi connectivity index (χ4v) is 5.56. The zero-order valence-corrected chi connectivity index (χ0v) is 19.4. The maximum atomic E-state index is 14.2. The summed E-state index contributed by atoms with van der Waals surface area (Å²) in [4.78, 5) is 39.0. The second kappa shape index (κ2) is 7.73. The average molecular weight is 481 g/mol. The first-order chi connectivity index (χ1) is 16.4. The molecule has 11 heteroatoms. The van der Waals surface area contributed by atoms with E-state index in [9.17, 15) is 14.0 Å². The van der Waals surface area contributed by atoms with Crippen LogP contribution in [0.1, 0.15) is 47.7 Å². The van der Waals surface area contributed by atoms with E-state index in [4.69, 9.17) is 9.40 Å². The first-order valence-electron chi connectivity index (χ1n) is 11.1. The van der Waals surface area contributed by atoms with E-state index in [-0.39, 0.29) is 28.8 Å². The zero-order chi connectivity index (χ0) is 23.6. The van der Waals surface area contributed by atoms with Crippen molar-refractivity contribution in [2.24, 2.45) is 0 Å². The van der Waals surface area contributed by atoms with E-state index in [1.807, 2.05) is 18.4 Å². The highest BCUT2D eigenvalue weighted by atomic mass is 32.1. The van der Waals surface area contributed by atoms with Crippen LogP contribution < -0.4 is 4.90 Å². The molecule has 9 nitrogen and oxygen atoms in total. The van der Waals surface area contributed by atoms with Gasteiger partial charge in [0, 0.05) is 26.1 Å². The van der Waals surface area contributed by atoms with Crippen LogP contribution in [-0.4, -0.2) is 48.7 Å². The summed E-state index contributed by atoms with van der Waals surface area (Å²) in [6.45, 7) is 5.24. The van der Waals surface area contributed by atoms with Crippen molar-refractivity contribution < 1.29 is 18.4 Å². The van der Waals surface area contributed by atoms with Gasteiger partial charge >= 0.3 is 0 Å². The van der Waals surface area contributed by atoms with Gasteiger partial charge in [0.1, 0.15) is 17.2 Å². The highest BCUT2D eigenvalue weighted by molar-refractivity contribution is 7.09. The third-order valence-electron chi connectivity index (χ3n) is 6.52. The van der Waals surface area contributed by atoms with Crippen molar-refractivity contribution in [2.75, 3.05) is 18.0 Å². The molecule has 1 saturated heterocycles. The molecule has 0 bridgehead atoms.